The molecule has 1 saturated heterocycles. The minimum atomic E-state index is -3.59. The Labute approximate surface area is 169 Å². The summed E-state index contributed by atoms with van der Waals surface area (Å²) in [5.74, 6) is -1.27. The van der Waals surface area contributed by atoms with E-state index in [1.807, 2.05) is 6.92 Å². The number of sulfonamides is 1. The van der Waals surface area contributed by atoms with Gasteiger partial charge < -0.3 is 5.32 Å². The number of halogens is 2. The molecule has 0 radical (unpaired) electrons. The van der Waals surface area contributed by atoms with E-state index >= 15 is 0 Å². The Morgan fingerprint density at radius 1 is 1.25 bits per heavy atom. The molecule has 1 atom stereocenters. The number of carbonyl (C=O) groups is 1. The Balaban J connectivity index is 1.68. The Morgan fingerprint density at radius 2 is 1.96 bits per heavy atom. The van der Waals surface area contributed by atoms with Gasteiger partial charge in [0.1, 0.15) is 5.82 Å². The summed E-state index contributed by atoms with van der Waals surface area (Å²) >= 11 is 6.09. The molecule has 0 bridgehead atoms. The van der Waals surface area contributed by atoms with Crippen molar-refractivity contribution in [3.8, 4) is 0 Å². The van der Waals surface area contributed by atoms with Gasteiger partial charge in [-0.25, -0.2) is 17.1 Å². The first kappa shape index (κ1) is 20.8. The average Bonchev–Trinajstić information content (AvgIpc) is 2.67. The zero-order chi connectivity index (χ0) is 20.3. The third kappa shape index (κ3) is 4.90. The number of hydrogen-bond donors (Lipinski definition) is 1. The number of carbonyl (C=O) groups excluding carboxylic acids is 1. The fraction of sp³-hybridized carbons (Fsp3) is 0.350. The second-order valence-corrected chi connectivity index (χ2v) is 9.36. The molecule has 1 aliphatic rings. The number of piperidine rings is 1. The van der Waals surface area contributed by atoms with Gasteiger partial charge in [0.05, 0.1) is 11.7 Å². The van der Waals surface area contributed by atoms with Crippen LogP contribution in [-0.2, 0) is 20.6 Å². The maximum atomic E-state index is 13.0. The molecule has 0 aromatic heterocycles. The van der Waals surface area contributed by atoms with Crippen LogP contribution in [0.3, 0.4) is 0 Å². The normalized spacial score (nSPS) is 18.0. The van der Waals surface area contributed by atoms with Crippen LogP contribution in [0.25, 0.3) is 0 Å². The Bertz CT molecular complexity index is 964. The van der Waals surface area contributed by atoms with Gasteiger partial charge in [-0.1, -0.05) is 29.8 Å². The molecule has 0 unspecified atom stereocenters. The smallest absolute Gasteiger partial charge is 0.228 e. The van der Waals surface area contributed by atoms with Gasteiger partial charge in [-0.05, 0) is 55.2 Å². The minimum absolute atomic E-state index is 0.134. The lowest BCUT2D eigenvalue weighted by molar-refractivity contribution is -0.120. The molecular formula is C20H22ClFN2O3S. The lowest BCUT2D eigenvalue weighted by Gasteiger charge is -2.31. The van der Waals surface area contributed by atoms with Crippen LogP contribution in [0.15, 0.2) is 42.5 Å². The largest absolute Gasteiger partial charge is 0.326 e. The quantitative estimate of drug-likeness (QED) is 0.789. The molecule has 1 amide bonds. The molecule has 1 heterocycles. The molecule has 0 saturated carbocycles. The maximum Gasteiger partial charge on any atom is 0.228 e. The molecule has 0 spiro atoms. The number of amides is 1. The van der Waals surface area contributed by atoms with Crippen molar-refractivity contribution >= 4 is 33.2 Å². The molecule has 150 valence electrons. The summed E-state index contributed by atoms with van der Waals surface area (Å²) in [7, 11) is -3.59. The number of anilines is 1. The second kappa shape index (κ2) is 8.59. The lowest BCUT2D eigenvalue weighted by Crippen LogP contribution is -2.44. The first-order valence-corrected chi connectivity index (χ1v) is 11.0. The predicted octanol–water partition coefficient (Wildman–Crippen LogP) is 3.97. The number of nitrogens with one attached hydrogen (secondary N) is 1. The second-order valence-electron chi connectivity index (χ2n) is 6.98. The molecule has 1 N–H and O–H groups in total. The maximum absolute atomic E-state index is 13.0. The van der Waals surface area contributed by atoms with E-state index in [0.717, 1.165) is 5.56 Å². The third-order valence-corrected chi connectivity index (χ3v) is 7.16. The van der Waals surface area contributed by atoms with E-state index in [1.165, 1.54) is 28.6 Å². The minimum Gasteiger partial charge on any atom is -0.326 e. The summed E-state index contributed by atoms with van der Waals surface area (Å²) < 4.78 is 39.9. The fourth-order valence-corrected chi connectivity index (χ4v) is 5.05. The standard InChI is InChI=1S/C20H22ClFN2O3S/c1-14-18(21)5-2-6-19(14)23-20(25)16-4-3-11-24(12-16)28(26,27)13-15-7-9-17(22)10-8-15/h2,5-10,16H,3-4,11-13H2,1H3,(H,23,25)/t16-/m1/s1. The van der Waals surface area contributed by atoms with Crippen LogP contribution in [0.2, 0.25) is 5.02 Å². The topological polar surface area (TPSA) is 66.5 Å². The summed E-state index contributed by atoms with van der Waals surface area (Å²) in [6.07, 6.45) is 1.23. The van der Waals surface area contributed by atoms with Crippen molar-refractivity contribution in [2.24, 2.45) is 5.92 Å². The third-order valence-electron chi connectivity index (χ3n) is 4.94. The highest BCUT2D eigenvalue weighted by atomic mass is 35.5. The SMILES string of the molecule is Cc1c(Cl)cccc1NC(=O)[C@@H]1CCCN(S(=O)(=O)Cc2ccc(F)cc2)C1. The molecule has 3 rings (SSSR count). The summed E-state index contributed by atoms with van der Waals surface area (Å²) in [4.78, 5) is 12.7. The number of benzene rings is 2. The number of hydrogen-bond acceptors (Lipinski definition) is 3. The van der Waals surface area contributed by atoms with Crippen molar-refractivity contribution in [2.45, 2.75) is 25.5 Å². The van der Waals surface area contributed by atoms with Crippen molar-refractivity contribution < 1.29 is 17.6 Å². The molecule has 1 fully saturated rings. The van der Waals surface area contributed by atoms with Crippen LogP contribution >= 0.6 is 11.6 Å². The number of nitrogens with zero attached hydrogens (tertiary/aromatic N) is 1. The van der Waals surface area contributed by atoms with Gasteiger partial charge in [0.25, 0.3) is 0 Å². The van der Waals surface area contributed by atoms with Gasteiger partial charge >= 0.3 is 0 Å². The van der Waals surface area contributed by atoms with E-state index in [1.54, 1.807) is 18.2 Å². The molecular weight excluding hydrogens is 403 g/mol. The van der Waals surface area contributed by atoms with Crippen LogP contribution in [0, 0.1) is 18.7 Å². The molecule has 5 nitrogen and oxygen atoms in total. The molecule has 28 heavy (non-hydrogen) atoms. The molecule has 0 aliphatic carbocycles. The molecule has 2 aromatic rings. The molecule has 1 aliphatic heterocycles. The van der Waals surface area contributed by atoms with Crippen molar-refractivity contribution in [1.82, 2.24) is 4.31 Å². The van der Waals surface area contributed by atoms with E-state index < -0.39 is 21.8 Å². The highest BCUT2D eigenvalue weighted by Crippen LogP contribution is 2.26. The molecule has 2 aromatic carbocycles. The zero-order valence-corrected chi connectivity index (χ0v) is 17.1. The van der Waals surface area contributed by atoms with Crippen molar-refractivity contribution in [2.75, 3.05) is 18.4 Å². The predicted molar refractivity (Wildman–Crippen MR) is 108 cm³/mol. The van der Waals surface area contributed by atoms with Crippen molar-refractivity contribution in [3.63, 3.8) is 0 Å². The first-order valence-electron chi connectivity index (χ1n) is 9.04. The Hall–Kier alpha value is -1.96. The van der Waals surface area contributed by atoms with Crippen LogP contribution in [-0.4, -0.2) is 31.7 Å². The first-order chi connectivity index (χ1) is 13.3. The van der Waals surface area contributed by atoms with E-state index in [0.29, 0.717) is 35.7 Å². The summed E-state index contributed by atoms with van der Waals surface area (Å²) in [5, 5.41) is 3.42. The zero-order valence-electron chi connectivity index (χ0n) is 15.5. The summed E-state index contributed by atoms with van der Waals surface area (Å²) in [5.41, 5.74) is 1.92. The van der Waals surface area contributed by atoms with E-state index in [9.17, 15) is 17.6 Å². The highest BCUT2D eigenvalue weighted by Gasteiger charge is 2.32. The van der Waals surface area contributed by atoms with Crippen LogP contribution in [0.1, 0.15) is 24.0 Å². The fourth-order valence-electron chi connectivity index (χ4n) is 3.27. The van der Waals surface area contributed by atoms with Gasteiger partial charge in [0.2, 0.25) is 15.9 Å². The average molecular weight is 425 g/mol. The Kier molecular flexibility index (Phi) is 6.37. The van der Waals surface area contributed by atoms with E-state index in [2.05, 4.69) is 5.32 Å². The van der Waals surface area contributed by atoms with Crippen molar-refractivity contribution in [3.05, 3.63) is 64.4 Å². The van der Waals surface area contributed by atoms with Gasteiger partial charge in [-0.2, -0.15) is 0 Å². The van der Waals surface area contributed by atoms with Gasteiger partial charge in [-0.3, -0.25) is 4.79 Å². The van der Waals surface area contributed by atoms with E-state index in [-0.39, 0.29) is 18.2 Å². The van der Waals surface area contributed by atoms with E-state index in [4.69, 9.17) is 11.6 Å². The van der Waals surface area contributed by atoms with Gasteiger partial charge in [0.15, 0.2) is 0 Å². The van der Waals surface area contributed by atoms with Gasteiger partial charge in [0, 0.05) is 23.8 Å². The van der Waals surface area contributed by atoms with Crippen molar-refractivity contribution in [1.29, 1.82) is 0 Å². The Morgan fingerprint density at radius 3 is 2.68 bits per heavy atom. The monoisotopic (exact) mass is 424 g/mol. The van der Waals surface area contributed by atoms with Crippen LogP contribution in [0.4, 0.5) is 10.1 Å². The summed E-state index contributed by atoms with van der Waals surface area (Å²) in [6.45, 7) is 2.33. The lowest BCUT2D eigenvalue weighted by atomic mass is 9.98. The number of rotatable bonds is 5. The highest BCUT2D eigenvalue weighted by molar-refractivity contribution is 7.88. The summed E-state index contributed by atoms with van der Waals surface area (Å²) in [6, 6.07) is 10.7. The van der Waals surface area contributed by atoms with Crippen LogP contribution < -0.4 is 5.32 Å². The molecule has 8 heteroatoms. The van der Waals surface area contributed by atoms with Crippen LogP contribution in [0.5, 0.6) is 0 Å². The van der Waals surface area contributed by atoms with Gasteiger partial charge in [-0.15, -0.1) is 0 Å².